The molecule has 0 saturated carbocycles. The molecule has 2 aromatic rings. The normalized spacial score (nSPS) is 10.4. The zero-order valence-electron chi connectivity index (χ0n) is 12.4. The molecule has 2 aromatic carbocycles. The van der Waals surface area contributed by atoms with Crippen LogP contribution in [0.15, 0.2) is 42.5 Å². The molecule has 0 radical (unpaired) electrons. The molecule has 0 aliphatic heterocycles. The van der Waals surface area contributed by atoms with E-state index in [9.17, 15) is 5.11 Å². The molecule has 21 heavy (non-hydrogen) atoms. The molecule has 4 heteroatoms. The maximum Gasteiger partial charge on any atom is 0.165 e. The number of hydrogen-bond acceptors (Lipinski definition) is 4. The number of aromatic hydroxyl groups is 1. The van der Waals surface area contributed by atoms with E-state index in [1.165, 1.54) is 5.56 Å². The third-order valence-electron chi connectivity index (χ3n) is 3.33. The zero-order valence-corrected chi connectivity index (χ0v) is 12.4. The summed E-state index contributed by atoms with van der Waals surface area (Å²) in [6.07, 6.45) is 0.909. The fourth-order valence-electron chi connectivity index (χ4n) is 2.21. The Morgan fingerprint density at radius 2 is 1.76 bits per heavy atom. The standard InChI is InChI=1S/C17H21NO3/c1-20-16-5-3-4-14(17(16)21-2)12-18-11-10-13-6-8-15(19)9-7-13/h3-9,18-19H,10-12H2,1-2H3. The summed E-state index contributed by atoms with van der Waals surface area (Å²) in [5.41, 5.74) is 2.26. The lowest BCUT2D eigenvalue weighted by molar-refractivity contribution is 0.350. The molecule has 0 bridgehead atoms. The van der Waals surface area contributed by atoms with E-state index in [0.29, 0.717) is 5.75 Å². The summed E-state index contributed by atoms with van der Waals surface area (Å²) in [6, 6.07) is 13.2. The smallest absolute Gasteiger partial charge is 0.165 e. The molecular weight excluding hydrogens is 266 g/mol. The lowest BCUT2D eigenvalue weighted by atomic mass is 10.1. The number of ether oxygens (including phenoxy) is 2. The monoisotopic (exact) mass is 287 g/mol. The maximum absolute atomic E-state index is 9.24. The van der Waals surface area contributed by atoms with Crippen LogP contribution in [-0.2, 0) is 13.0 Å². The SMILES string of the molecule is COc1cccc(CNCCc2ccc(O)cc2)c1OC. The molecule has 112 valence electrons. The van der Waals surface area contributed by atoms with Crippen molar-refractivity contribution in [2.75, 3.05) is 20.8 Å². The van der Waals surface area contributed by atoms with E-state index in [1.807, 2.05) is 30.3 Å². The predicted octanol–water partition coefficient (Wildman–Crippen LogP) is 2.74. The minimum absolute atomic E-state index is 0.299. The number of rotatable bonds is 7. The van der Waals surface area contributed by atoms with E-state index >= 15 is 0 Å². The van der Waals surface area contributed by atoms with Crippen LogP contribution in [0.25, 0.3) is 0 Å². The van der Waals surface area contributed by atoms with E-state index in [1.54, 1.807) is 26.4 Å². The summed E-state index contributed by atoms with van der Waals surface area (Å²) >= 11 is 0. The number of hydrogen-bond donors (Lipinski definition) is 2. The highest BCUT2D eigenvalue weighted by atomic mass is 16.5. The number of phenolic OH excluding ortho intramolecular Hbond substituents is 1. The Hall–Kier alpha value is -2.20. The van der Waals surface area contributed by atoms with Gasteiger partial charge in [-0.1, -0.05) is 24.3 Å². The van der Waals surface area contributed by atoms with Gasteiger partial charge in [0.2, 0.25) is 0 Å². The lowest BCUT2D eigenvalue weighted by Gasteiger charge is -2.13. The Kier molecular flexibility index (Phi) is 5.46. The van der Waals surface area contributed by atoms with Crippen LogP contribution in [0.5, 0.6) is 17.2 Å². The van der Waals surface area contributed by atoms with Gasteiger partial charge in [0.15, 0.2) is 11.5 Å². The van der Waals surface area contributed by atoms with Crippen molar-refractivity contribution in [3.05, 3.63) is 53.6 Å². The minimum Gasteiger partial charge on any atom is -0.508 e. The Morgan fingerprint density at radius 3 is 2.43 bits per heavy atom. The molecule has 0 aliphatic rings. The molecule has 0 unspecified atom stereocenters. The van der Waals surface area contributed by atoms with Crippen LogP contribution in [0, 0.1) is 0 Å². The van der Waals surface area contributed by atoms with Gasteiger partial charge in [-0.15, -0.1) is 0 Å². The third kappa shape index (κ3) is 4.13. The van der Waals surface area contributed by atoms with Gasteiger partial charge in [-0.05, 0) is 36.7 Å². The second kappa shape index (κ2) is 7.55. The number of methoxy groups -OCH3 is 2. The van der Waals surface area contributed by atoms with Crippen molar-refractivity contribution in [3.8, 4) is 17.2 Å². The van der Waals surface area contributed by atoms with Crippen molar-refractivity contribution in [2.45, 2.75) is 13.0 Å². The first kappa shape index (κ1) is 15.2. The Balaban J connectivity index is 1.87. The molecule has 4 nitrogen and oxygen atoms in total. The van der Waals surface area contributed by atoms with Crippen molar-refractivity contribution < 1.29 is 14.6 Å². The van der Waals surface area contributed by atoms with Crippen LogP contribution in [-0.4, -0.2) is 25.9 Å². The molecule has 0 saturated heterocycles. The first-order valence-electron chi connectivity index (χ1n) is 6.93. The van der Waals surface area contributed by atoms with Crippen molar-refractivity contribution in [3.63, 3.8) is 0 Å². The molecule has 2 N–H and O–H groups in total. The topological polar surface area (TPSA) is 50.7 Å². The van der Waals surface area contributed by atoms with Crippen LogP contribution in [0.1, 0.15) is 11.1 Å². The van der Waals surface area contributed by atoms with E-state index < -0.39 is 0 Å². The Bertz CT molecular complexity index is 567. The lowest BCUT2D eigenvalue weighted by Crippen LogP contribution is -2.17. The molecule has 0 atom stereocenters. The van der Waals surface area contributed by atoms with E-state index in [4.69, 9.17) is 9.47 Å². The third-order valence-corrected chi connectivity index (χ3v) is 3.33. The average Bonchev–Trinajstić information content (AvgIpc) is 2.52. The molecular formula is C17H21NO3. The first-order chi connectivity index (χ1) is 10.2. The number of phenols is 1. The maximum atomic E-state index is 9.24. The zero-order chi connectivity index (χ0) is 15.1. The largest absolute Gasteiger partial charge is 0.508 e. The average molecular weight is 287 g/mol. The fraction of sp³-hybridized carbons (Fsp3) is 0.294. The van der Waals surface area contributed by atoms with Gasteiger partial charge in [0.25, 0.3) is 0 Å². The van der Waals surface area contributed by atoms with Crippen LogP contribution in [0.3, 0.4) is 0 Å². The van der Waals surface area contributed by atoms with Crippen LogP contribution < -0.4 is 14.8 Å². The van der Waals surface area contributed by atoms with Crippen molar-refractivity contribution in [2.24, 2.45) is 0 Å². The first-order valence-corrected chi connectivity index (χ1v) is 6.93. The van der Waals surface area contributed by atoms with E-state index in [2.05, 4.69) is 5.32 Å². The van der Waals surface area contributed by atoms with Gasteiger partial charge in [-0.2, -0.15) is 0 Å². The number of benzene rings is 2. The summed E-state index contributed by atoms with van der Waals surface area (Å²) in [5.74, 6) is 1.82. The van der Waals surface area contributed by atoms with E-state index in [0.717, 1.165) is 36.6 Å². The quantitative estimate of drug-likeness (QED) is 0.769. The van der Waals surface area contributed by atoms with Crippen LogP contribution >= 0.6 is 0 Å². The highest BCUT2D eigenvalue weighted by Gasteiger charge is 2.08. The van der Waals surface area contributed by atoms with Crippen molar-refractivity contribution in [1.82, 2.24) is 5.32 Å². The number of para-hydroxylation sites is 1. The van der Waals surface area contributed by atoms with Crippen LogP contribution in [0.4, 0.5) is 0 Å². The van der Waals surface area contributed by atoms with Crippen LogP contribution in [0.2, 0.25) is 0 Å². The Labute approximate surface area is 125 Å². The highest BCUT2D eigenvalue weighted by Crippen LogP contribution is 2.30. The molecule has 0 aromatic heterocycles. The van der Waals surface area contributed by atoms with Gasteiger partial charge in [0.05, 0.1) is 14.2 Å². The number of nitrogens with one attached hydrogen (secondary N) is 1. The van der Waals surface area contributed by atoms with Gasteiger partial charge in [0, 0.05) is 12.1 Å². The molecule has 2 rings (SSSR count). The van der Waals surface area contributed by atoms with Gasteiger partial charge in [-0.3, -0.25) is 0 Å². The van der Waals surface area contributed by atoms with Gasteiger partial charge in [0.1, 0.15) is 5.75 Å². The van der Waals surface area contributed by atoms with Crippen molar-refractivity contribution >= 4 is 0 Å². The van der Waals surface area contributed by atoms with Gasteiger partial charge >= 0.3 is 0 Å². The fourth-order valence-corrected chi connectivity index (χ4v) is 2.21. The molecule has 0 fully saturated rings. The molecule has 0 aliphatic carbocycles. The predicted molar refractivity (Wildman–Crippen MR) is 83.1 cm³/mol. The highest BCUT2D eigenvalue weighted by molar-refractivity contribution is 5.46. The Morgan fingerprint density at radius 1 is 1.00 bits per heavy atom. The van der Waals surface area contributed by atoms with Gasteiger partial charge in [-0.25, -0.2) is 0 Å². The summed E-state index contributed by atoms with van der Waals surface area (Å²) in [6.45, 7) is 1.57. The molecule has 0 amide bonds. The second-order valence-corrected chi connectivity index (χ2v) is 4.75. The molecule has 0 heterocycles. The van der Waals surface area contributed by atoms with Crippen molar-refractivity contribution in [1.29, 1.82) is 0 Å². The molecule has 0 spiro atoms. The summed E-state index contributed by atoms with van der Waals surface area (Å²) < 4.78 is 10.7. The summed E-state index contributed by atoms with van der Waals surface area (Å²) in [4.78, 5) is 0. The van der Waals surface area contributed by atoms with Gasteiger partial charge < -0.3 is 19.9 Å². The second-order valence-electron chi connectivity index (χ2n) is 4.75. The minimum atomic E-state index is 0.299. The summed E-state index contributed by atoms with van der Waals surface area (Å²) in [5, 5.41) is 12.6. The summed E-state index contributed by atoms with van der Waals surface area (Å²) in [7, 11) is 3.29. The van der Waals surface area contributed by atoms with E-state index in [-0.39, 0.29) is 0 Å².